The fourth-order valence-corrected chi connectivity index (χ4v) is 2.05. The van der Waals surface area contributed by atoms with Gasteiger partial charge in [0, 0.05) is 11.6 Å². The quantitative estimate of drug-likeness (QED) is 0.832. The van der Waals surface area contributed by atoms with Crippen LogP contribution in [0.15, 0.2) is 12.1 Å². The van der Waals surface area contributed by atoms with Crippen molar-refractivity contribution in [3.63, 3.8) is 0 Å². The summed E-state index contributed by atoms with van der Waals surface area (Å²) < 4.78 is 27.3. The number of nitrogens with one attached hydrogen (secondary N) is 1. The smallest absolute Gasteiger partial charge is 0.132 e. The highest BCUT2D eigenvalue weighted by atomic mass is 19.1. The largest absolute Gasteiger partial charge is 0.317 e. The van der Waals surface area contributed by atoms with Crippen LogP contribution >= 0.6 is 0 Å². The van der Waals surface area contributed by atoms with Gasteiger partial charge in [-0.15, -0.1) is 0 Å². The molecule has 0 aliphatic heterocycles. The summed E-state index contributed by atoms with van der Waals surface area (Å²) in [4.78, 5) is 0. The van der Waals surface area contributed by atoms with Crippen molar-refractivity contribution in [3.8, 4) is 0 Å². The molecule has 0 spiro atoms. The predicted octanol–water partition coefficient (Wildman–Crippen LogP) is 3.45. The summed E-state index contributed by atoms with van der Waals surface area (Å²) >= 11 is 0. The van der Waals surface area contributed by atoms with Crippen molar-refractivity contribution in [2.45, 2.75) is 39.7 Å². The summed E-state index contributed by atoms with van der Waals surface area (Å²) in [5, 5.41) is 3.18. The first kappa shape index (κ1) is 14.1. The number of benzene rings is 1. The second-order valence-electron chi connectivity index (χ2n) is 4.83. The second-order valence-corrected chi connectivity index (χ2v) is 4.83. The third kappa shape index (κ3) is 3.50. The van der Waals surface area contributed by atoms with E-state index < -0.39 is 11.6 Å². The van der Waals surface area contributed by atoms with E-state index in [9.17, 15) is 8.78 Å². The number of hydrogen-bond acceptors (Lipinski definition) is 1. The monoisotopic (exact) mass is 241 g/mol. The first-order chi connectivity index (χ1) is 7.97. The highest BCUT2D eigenvalue weighted by molar-refractivity contribution is 5.26. The maximum Gasteiger partial charge on any atom is 0.132 e. The van der Waals surface area contributed by atoms with Gasteiger partial charge in [-0.25, -0.2) is 8.78 Å². The zero-order valence-corrected chi connectivity index (χ0v) is 11.0. The first-order valence-corrected chi connectivity index (χ1v) is 6.08. The Morgan fingerprint density at radius 2 is 1.88 bits per heavy atom. The van der Waals surface area contributed by atoms with Gasteiger partial charge in [0.1, 0.15) is 11.6 Å². The Morgan fingerprint density at radius 1 is 1.24 bits per heavy atom. The molecule has 1 unspecified atom stereocenters. The zero-order valence-electron chi connectivity index (χ0n) is 11.0. The highest BCUT2D eigenvalue weighted by Crippen LogP contribution is 2.19. The van der Waals surface area contributed by atoms with Gasteiger partial charge < -0.3 is 5.32 Å². The lowest BCUT2D eigenvalue weighted by Gasteiger charge is -2.20. The van der Waals surface area contributed by atoms with E-state index in [1.165, 1.54) is 12.1 Å². The summed E-state index contributed by atoms with van der Waals surface area (Å²) in [6.45, 7) is 5.87. The number of rotatable bonds is 5. The van der Waals surface area contributed by atoms with E-state index in [1.807, 2.05) is 7.05 Å². The van der Waals surface area contributed by atoms with Crippen LogP contribution in [0.3, 0.4) is 0 Å². The van der Waals surface area contributed by atoms with Crippen molar-refractivity contribution in [1.82, 2.24) is 5.32 Å². The fourth-order valence-electron chi connectivity index (χ4n) is 2.05. The lowest BCUT2D eigenvalue weighted by molar-refractivity contribution is 0.397. The van der Waals surface area contributed by atoms with Gasteiger partial charge >= 0.3 is 0 Å². The molecule has 0 saturated heterocycles. The van der Waals surface area contributed by atoms with Crippen LogP contribution < -0.4 is 5.32 Å². The van der Waals surface area contributed by atoms with E-state index >= 15 is 0 Å². The molecule has 0 aromatic heterocycles. The lowest BCUT2D eigenvalue weighted by atomic mass is 9.95. The third-order valence-electron chi connectivity index (χ3n) is 3.26. The average Bonchev–Trinajstić information content (AvgIpc) is 2.28. The van der Waals surface area contributed by atoms with E-state index in [0.29, 0.717) is 17.9 Å². The van der Waals surface area contributed by atoms with Gasteiger partial charge in [0.2, 0.25) is 0 Å². The molecule has 0 radical (unpaired) electrons. The van der Waals surface area contributed by atoms with Crippen LogP contribution in [0, 0.1) is 24.5 Å². The molecule has 1 rings (SSSR count). The number of hydrogen-bond donors (Lipinski definition) is 1. The molecule has 0 bridgehead atoms. The minimum atomic E-state index is -0.438. The lowest BCUT2D eigenvalue weighted by Crippen LogP contribution is -2.31. The van der Waals surface area contributed by atoms with Gasteiger partial charge in [-0.3, -0.25) is 0 Å². The standard InChI is InChI=1S/C14H21F2N/c1-9(2)13(17-4)8-6-11-12(15)7-5-10(3)14(11)16/h5,7,9,13,17H,6,8H2,1-4H3. The Bertz CT molecular complexity index is 375. The summed E-state index contributed by atoms with van der Waals surface area (Å²) in [7, 11) is 1.88. The normalized spacial score (nSPS) is 13.1. The molecule has 0 fully saturated rings. The maximum absolute atomic E-state index is 13.8. The molecule has 3 heteroatoms. The molecule has 96 valence electrons. The van der Waals surface area contributed by atoms with E-state index in [-0.39, 0.29) is 11.6 Å². The van der Waals surface area contributed by atoms with E-state index in [2.05, 4.69) is 19.2 Å². The Labute approximate surface area is 102 Å². The van der Waals surface area contributed by atoms with Crippen LogP contribution in [0.2, 0.25) is 0 Å². The molecule has 17 heavy (non-hydrogen) atoms. The fraction of sp³-hybridized carbons (Fsp3) is 0.571. The molecule has 0 aliphatic rings. The van der Waals surface area contributed by atoms with Gasteiger partial charge in [0.15, 0.2) is 0 Å². The molecule has 0 amide bonds. The summed E-state index contributed by atoms with van der Waals surface area (Å²) in [5.74, 6) is -0.383. The molecule has 1 aromatic rings. The summed E-state index contributed by atoms with van der Waals surface area (Å²) in [6.07, 6.45) is 1.18. The Hall–Kier alpha value is -0.960. The van der Waals surface area contributed by atoms with Crippen LogP contribution in [0.1, 0.15) is 31.4 Å². The molecule has 0 aliphatic carbocycles. The third-order valence-corrected chi connectivity index (χ3v) is 3.26. The van der Waals surface area contributed by atoms with Crippen LogP contribution in [0.5, 0.6) is 0 Å². The molecule has 1 N–H and O–H groups in total. The van der Waals surface area contributed by atoms with Crippen molar-refractivity contribution >= 4 is 0 Å². The van der Waals surface area contributed by atoms with Crippen molar-refractivity contribution < 1.29 is 8.78 Å². The summed E-state index contributed by atoms with van der Waals surface area (Å²) in [6, 6.07) is 3.11. The second kappa shape index (κ2) is 6.10. The topological polar surface area (TPSA) is 12.0 Å². The van der Waals surface area contributed by atoms with E-state index in [1.54, 1.807) is 6.92 Å². The number of aryl methyl sites for hydroxylation is 1. The van der Waals surface area contributed by atoms with Gasteiger partial charge in [-0.2, -0.15) is 0 Å². The minimum absolute atomic E-state index is 0.214. The predicted molar refractivity (Wildman–Crippen MR) is 67.1 cm³/mol. The maximum atomic E-state index is 13.8. The van der Waals surface area contributed by atoms with Crippen molar-refractivity contribution in [2.75, 3.05) is 7.05 Å². The highest BCUT2D eigenvalue weighted by Gasteiger charge is 2.15. The van der Waals surface area contributed by atoms with Gasteiger partial charge in [-0.1, -0.05) is 19.9 Å². The molecule has 1 atom stereocenters. The Morgan fingerprint density at radius 3 is 2.41 bits per heavy atom. The molecule has 0 heterocycles. The SMILES string of the molecule is CNC(CCc1c(F)ccc(C)c1F)C(C)C. The minimum Gasteiger partial charge on any atom is -0.317 e. The van der Waals surface area contributed by atoms with E-state index in [4.69, 9.17) is 0 Å². The van der Waals surface area contributed by atoms with Crippen LogP contribution in [-0.4, -0.2) is 13.1 Å². The van der Waals surface area contributed by atoms with Gasteiger partial charge in [0.05, 0.1) is 0 Å². The van der Waals surface area contributed by atoms with Crippen molar-refractivity contribution in [3.05, 3.63) is 34.9 Å². The molecular formula is C14H21F2N. The Balaban J connectivity index is 2.78. The molecule has 0 saturated carbocycles. The summed E-state index contributed by atoms with van der Waals surface area (Å²) in [5.41, 5.74) is 0.720. The van der Waals surface area contributed by atoms with Crippen LogP contribution in [-0.2, 0) is 6.42 Å². The molecule has 1 nitrogen and oxygen atoms in total. The molecular weight excluding hydrogens is 220 g/mol. The van der Waals surface area contributed by atoms with Crippen LogP contribution in [0.25, 0.3) is 0 Å². The molecule has 1 aromatic carbocycles. The number of halogens is 2. The van der Waals surface area contributed by atoms with Gasteiger partial charge in [0.25, 0.3) is 0 Å². The zero-order chi connectivity index (χ0) is 13.0. The van der Waals surface area contributed by atoms with Crippen LogP contribution in [0.4, 0.5) is 8.78 Å². The average molecular weight is 241 g/mol. The first-order valence-electron chi connectivity index (χ1n) is 6.08. The van der Waals surface area contributed by atoms with E-state index in [0.717, 1.165) is 6.42 Å². The van der Waals surface area contributed by atoms with Crippen molar-refractivity contribution in [1.29, 1.82) is 0 Å². The van der Waals surface area contributed by atoms with Crippen molar-refractivity contribution in [2.24, 2.45) is 5.92 Å². The van der Waals surface area contributed by atoms with Gasteiger partial charge in [-0.05, 0) is 44.4 Å². The Kier molecular flexibility index (Phi) is 5.06.